The Kier molecular flexibility index (Phi) is 5.88. The van der Waals surface area contributed by atoms with Gasteiger partial charge in [-0.05, 0) is 18.6 Å². The maximum absolute atomic E-state index is 11.8. The van der Waals surface area contributed by atoms with E-state index < -0.39 is 11.8 Å². The molecule has 0 aliphatic carbocycles. The van der Waals surface area contributed by atoms with E-state index in [0.29, 0.717) is 10.6 Å². The summed E-state index contributed by atoms with van der Waals surface area (Å²) in [5.74, 6) is -1.59. The van der Waals surface area contributed by atoms with Gasteiger partial charge >= 0.3 is 11.8 Å². The summed E-state index contributed by atoms with van der Waals surface area (Å²) in [6, 6.07) is 16.1. The van der Waals surface area contributed by atoms with Crippen molar-refractivity contribution in [1.82, 2.24) is 10.7 Å². The minimum atomic E-state index is -0.837. The zero-order valence-corrected chi connectivity index (χ0v) is 13.2. The number of nitrogens with one attached hydrogen (secondary N) is 2. The number of rotatable bonds is 4. The topological polar surface area (TPSA) is 70.6 Å². The molecule has 0 aliphatic rings. The zero-order valence-electron chi connectivity index (χ0n) is 12.5. The van der Waals surface area contributed by atoms with Crippen molar-refractivity contribution in [3.63, 3.8) is 0 Å². The van der Waals surface area contributed by atoms with Gasteiger partial charge in [0.2, 0.25) is 0 Å². The smallest absolute Gasteiger partial charge is 0.329 e. The third-order valence-corrected chi connectivity index (χ3v) is 3.47. The van der Waals surface area contributed by atoms with Gasteiger partial charge in [-0.25, -0.2) is 5.43 Å². The molecule has 0 aromatic heterocycles. The van der Waals surface area contributed by atoms with E-state index in [1.165, 1.54) is 6.21 Å². The van der Waals surface area contributed by atoms with Crippen LogP contribution in [0.4, 0.5) is 0 Å². The average Bonchev–Trinajstić information content (AvgIpc) is 2.57. The molecule has 23 heavy (non-hydrogen) atoms. The second kappa shape index (κ2) is 8.10. The Labute approximate surface area is 139 Å². The van der Waals surface area contributed by atoms with Gasteiger partial charge in [0.15, 0.2) is 0 Å². The second-order valence-electron chi connectivity index (χ2n) is 4.83. The van der Waals surface area contributed by atoms with E-state index in [0.717, 1.165) is 5.56 Å². The molecule has 6 heteroatoms. The SMILES string of the molecule is CC(NC(=O)C(=O)N/N=C/c1ccccc1Cl)c1ccccc1. The summed E-state index contributed by atoms with van der Waals surface area (Å²) in [7, 11) is 0. The highest BCUT2D eigenvalue weighted by Gasteiger charge is 2.16. The summed E-state index contributed by atoms with van der Waals surface area (Å²) >= 11 is 5.96. The molecule has 2 amide bonds. The van der Waals surface area contributed by atoms with Crippen LogP contribution in [-0.2, 0) is 9.59 Å². The lowest BCUT2D eigenvalue weighted by Crippen LogP contribution is -2.39. The van der Waals surface area contributed by atoms with Gasteiger partial charge in [0.05, 0.1) is 12.3 Å². The summed E-state index contributed by atoms with van der Waals surface area (Å²) in [5.41, 5.74) is 3.73. The number of benzene rings is 2. The summed E-state index contributed by atoms with van der Waals surface area (Å²) in [6.45, 7) is 1.80. The quantitative estimate of drug-likeness (QED) is 0.514. The fourth-order valence-corrected chi connectivity index (χ4v) is 2.06. The van der Waals surface area contributed by atoms with Crippen molar-refractivity contribution in [3.05, 3.63) is 70.7 Å². The van der Waals surface area contributed by atoms with Gasteiger partial charge in [-0.2, -0.15) is 5.10 Å². The minimum Gasteiger partial charge on any atom is -0.341 e. The van der Waals surface area contributed by atoms with E-state index in [2.05, 4.69) is 15.8 Å². The highest BCUT2D eigenvalue weighted by atomic mass is 35.5. The zero-order chi connectivity index (χ0) is 16.7. The molecular formula is C17H16ClN3O2. The van der Waals surface area contributed by atoms with E-state index in [1.54, 1.807) is 31.2 Å². The van der Waals surface area contributed by atoms with Crippen molar-refractivity contribution < 1.29 is 9.59 Å². The van der Waals surface area contributed by atoms with Crippen molar-refractivity contribution in [1.29, 1.82) is 0 Å². The summed E-state index contributed by atoms with van der Waals surface area (Å²) in [4.78, 5) is 23.5. The molecule has 0 radical (unpaired) electrons. The second-order valence-corrected chi connectivity index (χ2v) is 5.23. The van der Waals surface area contributed by atoms with Crippen LogP contribution in [0, 0.1) is 0 Å². The van der Waals surface area contributed by atoms with E-state index in [-0.39, 0.29) is 6.04 Å². The fraction of sp³-hybridized carbons (Fsp3) is 0.118. The molecular weight excluding hydrogens is 314 g/mol. The number of carbonyl (C=O) groups excluding carboxylic acids is 2. The predicted molar refractivity (Wildman–Crippen MR) is 90.2 cm³/mol. The number of nitrogens with zero attached hydrogens (tertiary/aromatic N) is 1. The van der Waals surface area contributed by atoms with Gasteiger partial charge in [-0.1, -0.05) is 60.1 Å². The molecule has 118 valence electrons. The first kappa shape index (κ1) is 16.7. The van der Waals surface area contributed by atoms with Crippen LogP contribution in [0.15, 0.2) is 59.7 Å². The Bertz CT molecular complexity index is 717. The van der Waals surface area contributed by atoms with Gasteiger partial charge in [0, 0.05) is 10.6 Å². The van der Waals surface area contributed by atoms with Crippen LogP contribution in [0.1, 0.15) is 24.1 Å². The van der Waals surface area contributed by atoms with Crippen molar-refractivity contribution in [2.45, 2.75) is 13.0 Å². The van der Waals surface area contributed by atoms with Crippen molar-refractivity contribution in [2.24, 2.45) is 5.10 Å². The van der Waals surface area contributed by atoms with Crippen molar-refractivity contribution in [2.75, 3.05) is 0 Å². The number of halogens is 1. The Balaban J connectivity index is 1.88. The molecule has 0 bridgehead atoms. The van der Waals surface area contributed by atoms with Gasteiger partial charge in [0.25, 0.3) is 0 Å². The molecule has 0 saturated carbocycles. The molecule has 1 unspecified atom stereocenters. The van der Waals surface area contributed by atoms with Crippen LogP contribution in [-0.4, -0.2) is 18.0 Å². The van der Waals surface area contributed by atoms with E-state index in [9.17, 15) is 9.59 Å². The summed E-state index contributed by atoms with van der Waals surface area (Å²) in [6.07, 6.45) is 1.38. The lowest BCUT2D eigenvalue weighted by molar-refractivity contribution is -0.139. The van der Waals surface area contributed by atoms with Crippen LogP contribution < -0.4 is 10.7 Å². The predicted octanol–water partition coefficient (Wildman–Crippen LogP) is 2.67. The van der Waals surface area contributed by atoms with Gasteiger partial charge in [-0.15, -0.1) is 0 Å². The number of hydrogen-bond acceptors (Lipinski definition) is 3. The Hall–Kier alpha value is -2.66. The fourth-order valence-electron chi connectivity index (χ4n) is 1.88. The molecule has 1 atom stereocenters. The third-order valence-electron chi connectivity index (χ3n) is 3.13. The minimum absolute atomic E-state index is 0.276. The van der Waals surface area contributed by atoms with E-state index >= 15 is 0 Å². The van der Waals surface area contributed by atoms with E-state index in [1.807, 2.05) is 30.3 Å². The first-order chi connectivity index (χ1) is 11.1. The maximum Gasteiger partial charge on any atom is 0.329 e. The molecule has 0 saturated heterocycles. The summed E-state index contributed by atoms with van der Waals surface area (Å²) < 4.78 is 0. The van der Waals surface area contributed by atoms with Gasteiger partial charge < -0.3 is 5.32 Å². The lowest BCUT2D eigenvalue weighted by atomic mass is 10.1. The molecule has 0 fully saturated rings. The van der Waals surface area contributed by atoms with Gasteiger partial charge in [-0.3, -0.25) is 9.59 Å². The highest BCUT2D eigenvalue weighted by molar-refractivity contribution is 6.35. The average molecular weight is 330 g/mol. The largest absolute Gasteiger partial charge is 0.341 e. The van der Waals surface area contributed by atoms with Crippen molar-refractivity contribution in [3.8, 4) is 0 Å². The molecule has 5 nitrogen and oxygen atoms in total. The number of hydrogen-bond donors (Lipinski definition) is 2. The van der Waals surface area contributed by atoms with Crippen molar-refractivity contribution >= 4 is 29.6 Å². The Morgan fingerprint density at radius 2 is 1.70 bits per heavy atom. The number of hydrazone groups is 1. The molecule has 0 aliphatic heterocycles. The normalized spacial score (nSPS) is 11.9. The third kappa shape index (κ3) is 4.93. The Morgan fingerprint density at radius 1 is 1.04 bits per heavy atom. The van der Waals surface area contributed by atoms with Crippen LogP contribution >= 0.6 is 11.6 Å². The monoisotopic (exact) mass is 329 g/mol. The number of amides is 2. The first-order valence-corrected chi connectivity index (χ1v) is 7.39. The maximum atomic E-state index is 11.8. The Morgan fingerprint density at radius 3 is 2.39 bits per heavy atom. The lowest BCUT2D eigenvalue weighted by Gasteiger charge is -2.13. The number of carbonyl (C=O) groups is 2. The van der Waals surface area contributed by atoms with Crippen LogP contribution in [0.5, 0.6) is 0 Å². The molecule has 0 heterocycles. The van der Waals surface area contributed by atoms with Crippen LogP contribution in [0.25, 0.3) is 0 Å². The standard InChI is InChI=1S/C17H16ClN3O2/c1-12(13-7-3-2-4-8-13)20-16(22)17(23)21-19-11-14-9-5-6-10-15(14)18/h2-12H,1H3,(H,20,22)(H,21,23)/b19-11+. The van der Waals surface area contributed by atoms with E-state index in [4.69, 9.17) is 11.6 Å². The molecule has 2 aromatic rings. The first-order valence-electron chi connectivity index (χ1n) is 7.01. The summed E-state index contributed by atoms with van der Waals surface area (Å²) in [5, 5.41) is 6.85. The van der Waals surface area contributed by atoms with Crippen LogP contribution in [0.2, 0.25) is 5.02 Å². The molecule has 2 N–H and O–H groups in total. The molecule has 0 spiro atoms. The molecule has 2 aromatic carbocycles. The van der Waals surface area contributed by atoms with Gasteiger partial charge in [0.1, 0.15) is 0 Å². The molecule has 2 rings (SSSR count). The highest BCUT2D eigenvalue weighted by Crippen LogP contribution is 2.12. The van der Waals surface area contributed by atoms with Crippen LogP contribution in [0.3, 0.4) is 0 Å².